The van der Waals surface area contributed by atoms with E-state index in [9.17, 15) is 13.6 Å². The Balaban J connectivity index is 2.04. The molecule has 1 heterocycles. The van der Waals surface area contributed by atoms with Gasteiger partial charge >= 0.3 is 0 Å². The third kappa shape index (κ3) is 3.17. The van der Waals surface area contributed by atoms with Crippen molar-refractivity contribution >= 4 is 17.1 Å². The first-order valence-electron chi connectivity index (χ1n) is 5.65. The Morgan fingerprint density at radius 3 is 2.53 bits per heavy atom. The molecular weight excluding hydrogens is 270 g/mol. The summed E-state index contributed by atoms with van der Waals surface area (Å²) in [5.41, 5.74) is 0.616. The van der Waals surface area contributed by atoms with Gasteiger partial charge in [0, 0.05) is 21.4 Å². The summed E-state index contributed by atoms with van der Waals surface area (Å²) in [4.78, 5) is 13.9. The minimum Gasteiger partial charge on any atom is -0.485 e. The smallest absolute Gasteiger partial charge is 0.201 e. The van der Waals surface area contributed by atoms with E-state index in [4.69, 9.17) is 4.74 Å². The lowest BCUT2D eigenvalue weighted by atomic mass is 10.2. The molecule has 1 aromatic carbocycles. The third-order valence-electron chi connectivity index (χ3n) is 2.60. The molecule has 0 aliphatic heterocycles. The van der Waals surface area contributed by atoms with Crippen molar-refractivity contribution < 1.29 is 18.3 Å². The van der Waals surface area contributed by atoms with E-state index in [0.717, 1.165) is 21.9 Å². The Labute approximate surface area is 113 Å². The zero-order valence-corrected chi connectivity index (χ0v) is 11.3. The van der Waals surface area contributed by atoms with Crippen LogP contribution >= 0.6 is 11.3 Å². The number of hydrogen-bond acceptors (Lipinski definition) is 3. The number of benzene rings is 1. The highest BCUT2D eigenvalue weighted by atomic mass is 32.1. The lowest BCUT2D eigenvalue weighted by Crippen LogP contribution is -2.11. The molecule has 0 bridgehead atoms. The number of Topliss-reactive ketones (excluding diaryl/α,β-unsaturated/α-hetero) is 1. The van der Waals surface area contributed by atoms with Crippen molar-refractivity contribution in [2.75, 3.05) is 6.61 Å². The number of hydrogen-bond donors (Lipinski definition) is 0. The van der Waals surface area contributed by atoms with Crippen LogP contribution in [0.5, 0.6) is 5.75 Å². The van der Waals surface area contributed by atoms with Gasteiger partial charge in [0.1, 0.15) is 5.75 Å². The Hall–Kier alpha value is -1.75. The van der Waals surface area contributed by atoms with Crippen LogP contribution in [0.4, 0.5) is 8.78 Å². The summed E-state index contributed by atoms with van der Waals surface area (Å²) in [6.45, 7) is 3.59. The molecule has 100 valence electrons. The van der Waals surface area contributed by atoms with Gasteiger partial charge in [-0.15, -0.1) is 11.3 Å². The standard InChI is InChI=1S/C14H12F2O2S/c1-8-5-11(9(2)19-8)14(17)7-18-10-3-4-12(15)13(16)6-10/h3-6H,7H2,1-2H3. The van der Waals surface area contributed by atoms with Gasteiger partial charge in [0.05, 0.1) is 0 Å². The third-order valence-corrected chi connectivity index (χ3v) is 3.57. The molecule has 5 heteroatoms. The number of ketones is 1. The molecule has 0 atom stereocenters. The molecule has 0 spiro atoms. The summed E-state index contributed by atoms with van der Waals surface area (Å²) in [7, 11) is 0. The summed E-state index contributed by atoms with van der Waals surface area (Å²) >= 11 is 1.54. The van der Waals surface area contributed by atoms with Gasteiger partial charge in [-0.25, -0.2) is 8.78 Å². The number of ether oxygens (including phenoxy) is 1. The fourth-order valence-corrected chi connectivity index (χ4v) is 2.64. The van der Waals surface area contributed by atoms with E-state index in [1.807, 2.05) is 13.8 Å². The van der Waals surface area contributed by atoms with Crippen LogP contribution in [0.15, 0.2) is 24.3 Å². The van der Waals surface area contributed by atoms with Crippen LogP contribution in [0.1, 0.15) is 20.1 Å². The predicted octanol–water partition coefficient (Wildman–Crippen LogP) is 3.90. The normalized spacial score (nSPS) is 10.5. The molecule has 19 heavy (non-hydrogen) atoms. The molecular formula is C14H12F2O2S. The minimum atomic E-state index is -0.993. The second-order valence-electron chi connectivity index (χ2n) is 4.11. The van der Waals surface area contributed by atoms with E-state index in [2.05, 4.69) is 0 Å². The van der Waals surface area contributed by atoms with Gasteiger partial charge in [0.15, 0.2) is 18.2 Å². The van der Waals surface area contributed by atoms with Crippen LogP contribution in [0.3, 0.4) is 0 Å². The molecule has 1 aromatic heterocycles. The van der Waals surface area contributed by atoms with Gasteiger partial charge in [0.2, 0.25) is 5.78 Å². The van der Waals surface area contributed by atoms with Crippen molar-refractivity contribution in [2.45, 2.75) is 13.8 Å². The zero-order chi connectivity index (χ0) is 14.0. The van der Waals surface area contributed by atoms with Crippen LogP contribution < -0.4 is 4.74 Å². The summed E-state index contributed by atoms with van der Waals surface area (Å²) in [6, 6.07) is 4.98. The highest BCUT2D eigenvalue weighted by Gasteiger charge is 2.13. The number of halogens is 2. The molecule has 0 aliphatic rings. The molecule has 2 nitrogen and oxygen atoms in total. The number of carbonyl (C=O) groups is 1. The van der Waals surface area contributed by atoms with Crippen LogP contribution in [0.2, 0.25) is 0 Å². The number of carbonyl (C=O) groups excluding carboxylic acids is 1. The molecule has 0 radical (unpaired) electrons. The highest BCUT2D eigenvalue weighted by Crippen LogP contribution is 2.21. The van der Waals surface area contributed by atoms with Crippen LogP contribution in [0.25, 0.3) is 0 Å². The summed E-state index contributed by atoms with van der Waals surface area (Å²) in [5, 5.41) is 0. The Morgan fingerprint density at radius 1 is 1.21 bits per heavy atom. The second kappa shape index (κ2) is 5.48. The monoisotopic (exact) mass is 282 g/mol. The molecule has 0 aliphatic carbocycles. The molecule has 0 amide bonds. The van der Waals surface area contributed by atoms with Crippen molar-refractivity contribution in [1.29, 1.82) is 0 Å². The van der Waals surface area contributed by atoms with Gasteiger partial charge in [0.25, 0.3) is 0 Å². The van der Waals surface area contributed by atoms with E-state index >= 15 is 0 Å². The van der Waals surface area contributed by atoms with E-state index < -0.39 is 11.6 Å². The van der Waals surface area contributed by atoms with Crippen molar-refractivity contribution in [3.63, 3.8) is 0 Å². The molecule has 0 saturated carbocycles. The van der Waals surface area contributed by atoms with Gasteiger partial charge in [-0.3, -0.25) is 4.79 Å². The second-order valence-corrected chi connectivity index (χ2v) is 5.58. The van der Waals surface area contributed by atoms with Gasteiger partial charge in [-0.1, -0.05) is 0 Å². The fraction of sp³-hybridized carbons (Fsp3) is 0.214. The molecule has 2 rings (SSSR count). The maximum absolute atomic E-state index is 13.0. The maximum Gasteiger partial charge on any atom is 0.201 e. The first-order valence-corrected chi connectivity index (χ1v) is 6.47. The average Bonchev–Trinajstić information content (AvgIpc) is 2.70. The maximum atomic E-state index is 13.0. The Bertz CT molecular complexity index is 620. The van der Waals surface area contributed by atoms with Crippen LogP contribution in [0, 0.1) is 25.5 Å². The van der Waals surface area contributed by atoms with E-state index in [1.54, 1.807) is 6.07 Å². The van der Waals surface area contributed by atoms with E-state index in [1.165, 1.54) is 17.4 Å². The average molecular weight is 282 g/mol. The summed E-state index contributed by atoms with van der Waals surface area (Å²) < 4.78 is 30.8. The van der Waals surface area contributed by atoms with Crippen molar-refractivity contribution in [3.8, 4) is 5.75 Å². The minimum absolute atomic E-state index is 0.136. The van der Waals surface area contributed by atoms with Crippen molar-refractivity contribution in [1.82, 2.24) is 0 Å². The predicted molar refractivity (Wildman–Crippen MR) is 70.0 cm³/mol. The Kier molecular flexibility index (Phi) is 3.95. The molecule has 2 aromatic rings. The zero-order valence-electron chi connectivity index (χ0n) is 10.5. The lowest BCUT2D eigenvalue weighted by Gasteiger charge is -2.05. The summed E-state index contributed by atoms with van der Waals surface area (Å²) in [5.74, 6) is -1.97. The quantitative estimate of drug-likeness (QED) is 0.795. The number of rotatable bonds is 4. The van der Waals surface area contributed by atoms with Crippen molar-refractivity contribution in [2.24, 2.45) is 0 Å². The van der Waals surface area contributed by atoms with E-state index in [-0.39, 0.29) is 18.1 Å². The van der Waals surface area contributed by atoms with Crippen molar-refractivity contribution in [3.05, 3.63) is 51.2 Å². The van der Waals surface area contributed by atoms with Crippen LogP contribution in [-0.4, -0.2) is 12.4 Å². The fourth-order valence-electron chi connectivity index (χ4n) is 1.70. The largest absolute Gasteiger partial charge is 0.485 e. The topological polar surface area (TPSA) is 26.3 Å². The van der Waals surface area contributed by atoms with Gasteiger partial charge < -0.3 is 4.74 Å². The Morgan fingerprint density at radius 2 is 1.95 bits per heavy atom. The molecule has 0 saturated heterocycles. The van der Waals surface area contributed by atoms with Crippen LogP contribution in [-0.2, 0) is 0 Å². The number of aryl methyl sites for hydroxylation is 2. The first-order chi connectivity index (χ1) is 8.97. The molecule has 0 unspecified atom stereocenters. The molecule has 0 N–H and O–H groups in total. The summed E-state index contributed by atoms with van der Waals surface area (Å²) in [6.07, 6.45) is 0. The highest BCUT2D eigenvalue weighted by molar-refractivity contribution is 7.12. The first kappa shape index (κ1) is 13.7. The SMILES string of the molecule is Cc1cc(C(=O)COc2ccc(F)c(F)c2)c(C)s1. The van der Waals surface area contributed by atoms with Gasteiger partial charge in [-0.2, -0.15) is 0 Å². The molecule has 0 fully saturated rings. The van der Waals surface area contributed by atoms with E-state index in [0.29, 0.717) is 5.56 Å². The number of thiophene rings is 1. The van der Waals surface area contributed by atoms with Gasteiger partial charge in [-0.05, 0) is 32.0 Å². The lowest BCUT2D eigenvalue weighted by molar-refractivity contribution is 0.0921.